The molecule has 6 nitrogen and oxygen atoms in total. The van der Waals surface area contributed by atoms with Gasteiger partial charge in [0.15, 0.2) is 0 Å². The highest BCUT2D eigenvalue weighted by molar-refractivity contribution is 7.92. The van der Waals surface area contributed by atoms with Gasteiger partial charge in [-0.2, -0.15) is 0 Å². The summed E-state index contributed by atoms with van der Waals surface area (Å²) in [6, 6.07) is 11.4. The lowest BCUT2D eigenvalue weighted by molar-refractivity contribution is -0.131. The molecule has 0 aliphatic heterocycles. The molecule has 146 valence electrons. The maximum atomic E-state index is 13.6. The van der Waals surface area contributed by atoms with Crippen molar-refractivity contribution in [2.75, 3.05) is 24.7 Å². The number of ether oxygens (including phenoxy) is 1. The van der Waals surface area contributed by atoms with Gasteiger partial charge in [0.1, 0.15) is 17.6 Å². The van der Waals surface area contributed by atoms with Crippen LogP contribution < -0.4 is 9.04 Å². The number of amides is 1. The van der Waals surface area contributed by atoms with Gasteiger partial charge in [-0.05, 0) is 42.8 Å². The van der Waals surface area contributed by atoms with E-state index in [-0.39, 0.29) is 5.69 Å². The summed E-state index contributed by atoms with van der Waals surface area (Å²) in [5.41, 5.74) is 0.978. The molecule has 0 spiro atoms. The van der Waals surface area contributed by atoms with Gasteiger partial charge in [0, 0.05) is 13.6 Å². The SMILES string of the molecule is COc1ccc(CN(C)C(=O)C(C)N(c2cccc(F)c2)S(C)(=O)=O)cc1. The van der Waals surface area contributed by atoms with Crippen LogP contribution >= 0.6 is 0 Å². The normalized spacial score (nSPS) is 12.3. The minimum atomic E-state index is -3.79. The summed E-state index contributed by atoms with van der Waals surface area (Å²) in [6.45, 7) is 1.78. The number of carbonyl (C=O) groups is 1. The Hall–Kier alpha value is -2.61. The second-order valence-corrected chi connectivity index (χ2v) is 8.12. The van der Waals surface area contributed by atoms with Crippen LogP contribution in [0.5, 0.6) is 5.75 Å². The van der Waals surface area contributed by atoms with E-state index in [9.17, 15) is 17.6 Å². The van der Waals surface area contributed by atoms with E-state index in [1.54, 1.807) is 26.3 Å². The van der Waals surface area contributed by atoms with Crippen molar-refractivity contribution < 1.29 is 22.3 Å². The summed E-state index contributed by atoms with van der Waals surface area (Å²) in [5.74, 6) is -0.275. The van der Waals surface area contributed by atoms with E-state index in [2.05, 4.69) is 0 Å². The summed E-state index contributed by atoms with van der Waals surface area (Å²) >= 11 is 0. The van der Waals surface area contributed by atoms with Crippen molar-refractivity contribution in [3.8, 4) is 5.75 Å². The minimum Gasteiger partial charge on any atom is -0.497 e. The number of carbonyl (C=O) groups excluding carboxylic acids is 1. The summed E-state index contributed by atoms with van der Waals surface area (Å²) < 4.78 is 44.1. The van der Waals surface area contributed by atoms with Crippen LogP contribution in [0.4, 0.5) is 10.1 Å². The fourth-order valence-corrected chi connectivity index (χ4v) is 3.98. The third-order valence-corrected chi connectivity index (χ3v) is 5.33. The third kappa shape index (κ3) is 5.19. The van der Waals surface area contributed by atoms with Gasteiger partial charge in [-0.25, -0.2) is 12.8 Å². The zero-order valence-corrected chi connectivity index (χ0v) is 16.5. The summed E-state index contributed by atoms with van der Waals surface area (Å²) in [4.78, 5) is 14.3. The summed E-state index contributed by atoms with van der Waals surface area (Å²) in [7, 11) is -0.631. The molecule has 0 saturated carbocycles. The standard InChI is InChI=1S/C19H23FN2O4S/c1-14(22(27(4,24)25)17-7-5-6-16(20)12-17)19(23)21(2)13-15-8-10-18(26-3)11-9-15/h5-12,14H,13H2,1-4H3. The Bertz CT molecular complexity index is 900. The molecule has 2 rings (SSSR count). The van der Waals surface area contributed by atoms with Crippen LogP contribution in [-0.4, -0.2) is 45.7 Å². The lowest BCUT2D eigenvalue weighted by Crippen LogP contribution is -2.48. The van der Waals surface area contributed by atoms with E-state index in [0.717, 1.165) is 22.2 Å². The first-order valence-corrected chi connectivity index (χ1v) is 10.1. The van der Waals surface area contributed by atoms with Crippen molar-refractivity contribution >= 4 is 21.6 Å². The topological polar surface area (TPSA) is 66.9 Å². The number of halogens is 1. The number of sulfonamides is 1. The van der Waals surface area contributed by atoms with Gasteiger partial charge in [0.2, 0.25) is 15.9 Å². The number of methoxy groups -OCH3 is 1. The smallest absolute Gasteiger partial charge is 0.246 e. The fourth-order valence-electron chi connectivity index (χ4n) is 2.82. The number of nitrogens with zero attached hydrogens (tertiary/aromatic N) is 2. The number of likely N-dealkylation sites (N-methyl/N-ethyl adjacent to an activating group) is 1. The van der Waals surface area contributed by atoms with Crippen LogP contribution in [0.2, 0.25) is 0 Å². The van der Waals surface area contributed by atoms with Crippen molar-refractivity contribution in [1.82, 2.24) is 4.90 Å². The lowest BCUT2D eigenvalue weighted by Gasteiger charge is -2.31. The van der Waals surface area contributed by atoms with Gasteiger partial charge in [0.25, 0.3) is 0 Å². The molecule has 2 aromatic carbocycles. The van der Waals surface area contributed by atoms with Crippen LogP contribution in [-0.2, 0) is 21.4 Å². The second kappa shape index (κ2) is 8.39. The molecule has 0 radical (unpaired) electrons. The van der Waals surface area contributed by atoms with Crippen molar-refractivity contribution in [2.24, 2.45) is 0 Å². The van der Waals surface area contributed by atoms with E-state index in [0.29, 0.717) is 12.3 Å². The molecule has 27 heavy (non-hydrogen) atoms. The molecule has 1 atom stereocenters. The van der Waals surface area contributed by atoms with Crippen molar-refractivity contribution in [2.45, 2.75) is 19.5 Å². The highest BCUT2D eigenvalue weighted by Crippen LogP contribution is 2.23. The van der Waals surface area contributed by atoms with Gasteiger partial charge in [0.05, 0.1) is 19.1 Å². The molecule has 1 amide bonds. The second-order valence-electron chi connectivity index (χ2n) is 6.26. The van der Waals surface area contributed by atoms with Crippen molar-refractivity contribution in [3.05, 3.63) is 59.9 Å². The maximum absolute atomic E-state index is 13.6. The monoisotopic (exact) mass is 394 g/mol. The first-order chi connectivity index (χ1) is 12.6. The first kappa shape index (κ1) is 20.7. The number of benzene rings is 2. The molecular weight excluding hydrogens is 371 g/mol. The Morgan fingerprint density at radius 3 is 2.33 bits per heavy atom. The van der Waals surface area contributed by atoms with E-state index in [1.807, 2.05) is 12.1 Å². The number of hydrogen-bond donors (Lipinski definition) is 0. The van der Waals surface area contributed by atoms with Crippen molar-refractivity contribution in [1.29, 1.82) is 0 Å². The average molecular weight is 394 g/mol. The van der Waals surface area contributed by atoms with Crippen LogP contribution in [0.25, 0.3) is 0 Å². The quantitative estimate of drug-likeness (QED) is 0.724. The lowest BCUT2D eigenvalue weighted by atomic mass is 10.2. The predicted octanol–water partition coefficient (Wildman–Crippen LogP) is 2.65. The predicted molar refractivity (Wildman–Crippen MR) is 103 cm³/mol. The zero-order chi connectivity index (χ0) is 20.2. The Kier molecular flexibility index (Phi) is 6.43. The molecular formula is C19H23FN2O4S. The summed E-state index contributed by atoms with van der Waals surface area (Å²) in [5, 5.41) is 0. The largest absolute Gasteiger partial charge is 0.497 e. The molecule has 0 aliphatic rings. The highest BCUT2D eigenvalue weighted by Gasteiger charge is 2.31. The van der Waals surface area contributed by atoms with E-state index in [4.69, 9.17) is 4.74 Å². The van der Waals surface area contributed by atoms with Gasteiger partial charge in [-0.3, -0.25) is 9.10 Å². The van der Waals surface area contributed by atoms with E-state index >= 15 is 0 Å². The molecule has 0 saturated heterocycles. The molecule has 0 fully saturated rings. The third-order valence-electron chi connectivity index (χ3n) is 4.08. The Morgan fingerprint density at radius 2 is 1.81 bits per heavy atom. The Labute approximate surface area is 159 Å². The van der Waals surface area contributed by atoms with E-state index < -0.39 is 27.8 Å². The molecule has 0 aromatic heterocycles. The maximum Gasteiger partial charge on any atom is 0.246 e. The van der Waals surface area contributed by atoms with Crippen LogP contribution in [0, 0.1) is 5.82 Å². The molecule has 2 aromatic rings. The van der Waals surface area contributed by atoms with Gasteiger partial charge >= 0.3 is 0 Å². The molecule has 1 unspecified atom stereocenters. The van der Waals surface area contributed by atoms with Gasteiger partial charge < -0.3 is 9.64 Å². The number of hydrogen-bond acceptors (Lipinski definition) is 4. The van der Waals surface area contributed by atoms with Gasteiger partial charge in [-0.15, -0.1) is 0 Å². The van der Waals surface area contributed by atoms with Crippen LogP contribution in [0.3, 0.4) is 0 Å². The van der Waals surface area contributed by atoms with E-state index in [1.165, 1.54) is 30.0 Å². The Balaban J connectivity index is 2.23. The average Bonchev–Trinajstić information content (AvgIpc) is 2.60. The zero-order valence-electron chi connectivity index (χ0n) is 15.7. The van der Waals surface area contributed by atoms with Crippen molar-refractivity contribution in [3.63, 3.8) is 0 Å². The van der Waals surface area contributed by atoms with Crippen LogP contribution in [0.15, 0.2) is 48.5 Å². The molecule has 0 heterocycles. The number of anilines is 1. The first-order valence-electron chi connectivity index (χ1n) is 8.26. The van der Waals surface area contributed by atoms with Crippen LogP contribution in [0.1, 0.15) is 12.5 Å². The van der Waals surface area contributed by atoms with Gasteiger partial charge in [-0.1, -0.05) is 18.2 Å². The molecule has 8 heteroatoms. The molecule has 0 bridgehead atoms. The molecule has 0 aliphatic carbocycles. The highest BCUT2D eigenvalue weighted by atomic mass is 32.2. The summed E-state index contributed by atoms with van der Waals surface area (Å²) in [6.07, 6.45) is 0.991. The molecule has 0 N–H and O–H groups in total. The fraction of sp³-hybridized carbons (Fsp3) is 0.316. The number of rotatable bonds is 7. The minimum absolute atomic E-state index is 0.108. The Morgan fingerprint density at radius 1 is 1.19 bits per heavy atom.